The standard InChI is InChI=1S/C11H12FN3S2/c1-7-6-9(12)3-2-8(7)4-5-13-10-14-15-11(16)17-10/h2-3,6H,4-5H2,1H3,(H,13,14)(H,15,16). The summed E-state index contributed by atoms with van der Waals surface area (Å²) in [6.07, 6.45) is 0.832. The minimum atomic E-state index is -0.190. The number of hydrogen-bond donors (Lipinski definition) is 2. The third kappa shape index (κ3) is 3.34. The molecule has 6 heteroatoms. The predicted octanol–water partition coefficient (Wildman–Crippen LogP) is 3.30. The SMILES string of the molecule is Cc1cc(F)ccc1CCNc1n[nH]c(=S)s1. The number of nitrogens with one attached hydrogen (secondary N) is 2. The molecule has 1 aromatic heterocycles. The van der Waals surface area contributed by atoms with Gasteiger partial charge >= 0.3 is 0 Å². The van der Waals surface area contributed by atoms with Crippen molar-refractivity contribution in [3.63, 3.8) is 0 Å². The molecule has 0 spiro atoms. The molecule has 0 amide bonds. The number of aryl methyl sites for hydroxylation is 1. The molecule has 0 unspecified atom stereocenters. The van der Waals surface area contributed by atoms with Gasteiger partial charge in [-0.3, -0.25) is 5.10 Å². The molecule has 0 fully saturated rings. The van der Waals surface area contributed by atoms with Crippen LogP contribution in [-0.4, -0.2) is 16.7 Å². The summed E-state index contributed by atoms with van der Waals surface area (Å²) in [7, 11) is 0. The van der Waals surface area contributed by atoms with Crippen molar-refractivity contribution in [2.24, 2.45) is 0 Å². The molecule has 0 bridgehead atoms. The Morgan fingerprint density at radius 2 is 2.35 bits per heavy atom. The summed E-state index contributed by atoms with van der Waals surface area (Å²) in [4.78, 5) is 0. The summed E-state index contributed by atoms with van der Waals surface area (Å²) in [5.41, 5.74) is 2.11. The third-order valence-corrected chi connectivity index (χ3v) is 3.46. The minimum absolute atomic E-state index is 0.190. The van der Waals surface area contributed by atoms with Gasteiger partial charge in [-0.25, -0.2) is 4.39 Å². The molecule has 0 radical (unpaired) electrons. The van der Waals surface area contributed by atoms with E-state index in [2.05, 4.69) is 15.5 Å². The number of rotatable bonds is 4. The van der Waals surface area contributed by atoms with Crippen LogP contribution in [0.2, 0.25) is 0 Å². The molecule has 1 aromatic carbocycles. The second-order valence-corrected chi connectivity index (χ2v) is 5.33. The summed E-state index contributed by atoms with van der Waals surface area (Å²) < 4.78 is 13.6. The van der Waals surface area contributed by atoms with Gasteiger partial charge in [0.1, 0.15) is 5.82 Å². The normalized spacial score (nSPS) is 10.5. The molecule has 0 aliphatic carbocycles. The summed E-state index contributed by atoms with van der Waals surface area (Å²) in [5, 5.41) is 10.7. The summed E-state index contributed by atoms with van der Waals surface area (Å²) in [6.45, 7) is 2.67. The van der Waals surface area contributed by atoms with E-state index in [0.29, 0.717) is 3.95 Å². The van der Waals surface area contributed by atoms with Crippen LogP contribution in [0.15, 0.2) is 18.2 Å². The van der Waals surface area contributed by atoms with Gasteiger partial charge in [-0.2, -0.15) is 0 Å². The first-order valence-electron chi connectivity index (χ1n) is 5.19. The lowest BCUT2D eigenvalue weighted by molar-refractivity contribution is 0.625. The summed E-state index contributed by atoms with van der Waals surface area (Å²) >= 11 is 6.34. The Morgan fingerprint density at radius 1 is 1.53 bits per heavy atom. The zero-order valence-corrected chi connectivity index (χ0v) is 10.9. The van der Waals surface area contributed by atoms with Gasteiger partial charge in [0.05, 0.1) is 0 Å². The van der Waals surface area contributed by atoms with E-state index in [9.17, 15) is 4.39 Å². The second kappa shape index (κ2) is 5.37. The Balaban J connectivity index is 1.92. The number of H-pyrrole nitrogens is 1. The number of aromatic nitrogens is 2. The molecule has 3 nitrogen and oxygen atoms in total. The van der Waals surface area contributed by atoms with Crippen LogP contribution in [0.1, 0.15) is 11.1 Å². The van der Waals surface area contributed by atoms with Crippen LogP contribution >= 0.6 is 23.6 Å². The number of nitrogens with zero attached hydrogens (tertiary/aromatic N) is 1. The molecule has 2 rings (SSSR count). The number of anilines is 1. The van der Waals surface area contributed by atoms with E-state index in [0.717, 1.165) is 29.2 Å². The van der Waals surface area contributed by atoms with Gasteiger partial charge in [0.2, 0.25) is 5.13 Å². The molecule has 0 aliphatic rings. The molecule has 90 valence electrons. The molecule has 1 heterocycles. The predicted molar refractivity (Wildman–Crippen MR) is 70.6 cm³/mol. The van der Waals surface area contributed by atoms with Gasteiger partial charge in [-0.05, 0) is 48.8 Å². The van der Waals surface area contributed by atoms with Crippen molar-refractivity contribution in [2.45, 2.75) is 13.3 Å². The quantitative estimate of drug-likeness (QED) is 0.837. The molecular weight excluding hydrogens is 257 g/mol. The topological polar surface area (TPSA) is 40.7 Å². The van der Waals surface area contributed by atoms with E-state index in [1.807, 2.05) is 13.0 Å². The van der Waals surface area contributed by atoms with Crippen molar-refractivity contribution in [1.82, 2.24) is 10.2 Å². The molecule has 2 aromatic rings. The van der Waals surface area contributed by atoms with Crippen molar-refractivity contribution >= 4 is 28.7 Å². The summed E-state index contributed by atoms with van der Waals surface area (Å²) in [6, 6.07) is 4.85. The summed E-state index contributed by atoms with van der Waals surface area (Å²) in [5.74, 6) is -0.190. The van der Waals surface area contributed by atoms with Crippen molar-refractivity contribution < 1.29 is 4.39 Å². The van der Waals surface area contributed by atoms with Gasteiger partial charge < -0.3 is 5.32 Å². The Hall–Kier alpha value is -1.27. The first kappa shape index (κ1) is 12.2. The maximum atomic E-state index is 12.9. The number of hydrogen-bond acceptors (Lipinski definition) is 4. The van der Waals surface area contributed by atoms with E-state index < -0.39 is 0 Å². The molecular formula is C11H12FN3S2. The van der Waals surface area contributed by atoms with Crippen LogP contribution in [0.3, 0.4) is 0 Å². The van der Waals surface area contributed by atoms with Crippen molar-refractivity contribution in [2.75, 3.05) is 11.9 Å². The highest BCUT2D eigenvalue weighted by Crippen LogP contribution is 2.13. The van der Waals surface area contributed by atoms with Gasteiger partial charge in [0, 0.05) is 6.54 Å². The molecule has 0 saturated heterocycles. The highest BCUT2D eigenvalue weighted by molar-refractivity contribution is 7.73. The van der Waals surface area contributed by atoms with E-state index in [4.69, 9.17) is 12.2 Å². The van der Waals surface area contributed by atoms with Gasteiger partial charge in [0.25, 0.3) is 0 Å². The number of aromatic amines is 1. The Kier molecular flexibility index (Phi) is 3.86. The Morgan fingerprint density at radius 3 is 3.00 bits per heavy atom. The average molecular weight is 269 g/mol. The second-order valence-electron chi connectivity index (χ2n) is 3.67. The minimum Gasteiger partial charge on any atom is -0.360 e. The lowest BCUT2D eigenvalue weighted by Crippen LogP contribution is -2.05. The fourth-order valence-corrected chi connectivity index (χ4v) is 2.36. The fourth-order valence-electron chi connectivity index (χ4n) is 1.55. The van der Waals surface area contributed by atoms with Crippen LogP contribution in [-0.2, 0) is 6.42 Å². The first-order chi connectivity index (χ1) is 8.15. The monoisotopic (exact) mass is 269 g/mol. The zero-order chi connectivity index (χ0) is 12.3. The third-order valence-electron chi connectivity index (χ3n) is 2.41. The van der Waals surface area contributed by atoms with Crippen LogP contribution in [0.4, 0.5) is 9.52 Å². The molecule has 0 saturated carbocycles. The molecule has 17 heavy (non-hydrogen) atoms. The van der Waals surface area contributed by atoms with Crippen LogP contribution in [0.25, 0.3) is 0 Å². The number of benzene rings is 1. The maximum Gasteiger partial charge on any atom is 0.204 e. The highest BCUT2D eigenvalue weighted by atomic mass is 32.1. The van der Waals surface area contributed by atoms with E-state index in [1.54, 1.807) is 6.07 Å². The molecule has 0 aliphatic heterocycles. The Labute approximate surface area is 108 Å². The van der Waals surface area contributed by atoms with Crippen LogP contribution in [0, 0.1) is 16.7 Å². The average Bonchev–Trinajstić information content (AvgIpc) is 2.68. The van der Waals surface area contributed by atoms with E-state index >= 15 is 0 Å². The van der Waals surface area contributed by atoms with E-state index in [1.165, 1.54) is 17.4 Å². The fraction of sp³-hybridized carbons (Fsp3) is 0.273. The van der Waals surface area contributed by atoms with Crippen molar-refractivity contribution in [3.05, 3.63) is 39.1 Å². The Bertz CT molecular complexity index is 562. The smallest absolute Gasteiger partial charge is 0.204 e. The van der Waals surface area contributed by atoms with Gasteiger partial charge in [-0.1, -0.05) is 17.4 Å². The number of halogens is 1. The molecule has 2 N–H and O–H groups in total. The van der Waals surface area contributed by atoms with Gasteiger partial charge in [-0.15, -0.1) is 5.10 Å². The lowest BCUT2D eigenvalue weighted by atomic mass is 10.1. The largest absolute Gasteiger partial charge is 0.360 e. The first-order valence-corrected chi connectivity index (χ1v) is 6.42. The van der Waals surface area contributed by atoms with Gasteiger partial charge in [0.15, 0.2) is 3.95 Å². The van der Waals surface area contributed by atoms with E-state index in [-0.39, 0.29) is 5.82 Å². The van der Waals surface area contributed by atoms with Crippen LogP contribution < -0.4 is 5.32 Å². The lowest BCUT2D eigenvalue weighted by Gasteiger charge is -2.06. The maximum absolute atomic E-state index is 12.9. The highest BCUT2D eigenvalue weighted by Gasteiger charge is 2.01. The zero-order valence-electron chi connectivity index (χ0n) is 9.29. The van der Waals surface area contributed by atoms with Crippen molar-refractivity contribution in [3.8, 4) is 0 Å². The van der Waals surface area contributed by atoms with Crippen molar-refractivity contribution in [1.29, 1.82) is 0 Å². The van der Waals surface area contributed by atoms with Crippen LogP contribution in [0.5, 0.6) is 0 Å². The molecule has 0 atom stereocenters.